The topological polar surface area (TPSA) is 41.3 Å². The minimum absolute atomic E-state index is 0.00942. The Bertz CT molecular complexity index is 375. The lowest BCUT2D eigenvalue weighted by Crippen LogP contribution is -2.45. The van der Waals surface area contributed by atoms with E-state index in [0.717, 1.165) is 18.7 Å². The van der Waals surface area contributed by atoms with Crippen LogP contribution in [0.25, 0.3) is 0 Å². The van der Waals surface area contributed by atoms with Gasteiger partial charge in [-0.2, -0.15) is 0 Å². The lowest BCUT2D eigenvalue weighted by atomic mass is 10.1. The standard InChI is InChI=1S/C14H21F2N3/c15-14(16)12-6-4-11(5-7-12)13(10-17)18-19-8-2-1-3-9-19/h4-7,13-14,18H,1-3,8-10,17H2. The molecule has 0 saturated carbocycles. The summed E-state index contributed by atoms with van der Waals surface area (Å²) in [7, 11) is 0. The Hall–Kier alpha value is -1.04. The molecule has 2 rings (SSSR count). The van der Waals surface area contributed by atoms with Crippen LogP contribution in [-0.2, 0) is 0 Å². The molecule has 3 N–H and O–H groups in total. The van der Waals surface area contributed by atoms with Gasteiger partial charge in [-0.1, -0.05) is 30.7 Å². The number of nitrogens with zero attached hydrogens (tertiary/aromatic N) is 1. The summed E-state index contributed by atoms with van der Waals surface area (Å²) < 4.78 is 25.0. The van der Waals surface area contributed by atoms with Gasteiger partial charge in [-0.3, -0.25) is 0 Å². The largest absolute Gasteiger partial charge is 0.329 e. The minimum Gasteiger partial charge on any atom is -0.329 e. The number of halogens is 2. The summed E-state index contributed by atoms with van der Waals surface area (Å²) in [5.41, 5.74) is 10.2. The molecule has 0 bridgehead atoms. The van der Waals surface area contributed by atoms with Crippen LogP contribution >= 0.6 is 0 Å². The van der Waals surface area contributed by atoms with Crippen LogP contribution in [0.15, 0.2) is 24.3 Å². The molecule has 0 spiro atoms. The monoisotopic (exact) mass is 269 g/mol. The first-order valence-corrected chi connectivity index (χ1v) is 6.80. The predicted octanol–water partition coefficient (Wildman–Crippen LogP) is 2.61. The second-order valence-electron chi connectivity index (χ2n) is 4.93. The van der Waals surface area contributed by atoms with Crippen LogP contribution in [0.2, 0.25) is 0 Å². The zero-order valence-electron chi connectivity index (χ0n) is 11.0. The summed E-state index contributed by atoms with van der Waals surface area (Å²) in [6.07, 6.45) is 1.23. The summed E-state index contributed by atoms with van der Waals surface area (Å²) in [6.45, 7) is 2.49. The molecule has 1 aromatic rings. The summed E-state index contributed by atoms with van der Waals surface area (Å²) in [4.78, 5) is 0. The number of rotatable bonds is 5. The van der Waals surface area contributed by atoms with Crippen molar-refractivity contribution in [2.75, 3.05) is 19.6 Å². The Morgan fingerprint density at radius 1 is 1.05 bits per heavy atom. The highest BCUT2D eigenvalue weighted by atomic mass is 19.3. The molecule has 3 nitrogen and oxygen atoms in total. The highest BCUT2D eigenvalue weighted by Crippen LogP contribution is 2.21. The van der Waals surface area contributed by atoms with Crippen molar-refractivity contribution in [1.29, 1.82) is 0 Å². The molecule has 19 heavy (non-hydrogen) atoms. The molecule has 1 saturated heterocycles. The maximum absolute atomic E-state index is 12.5. The maximum atomic E-state index is 12.5. The van der Waals surface area contributed by atoms with Gasteiger partial charge < -0.3 is 5.73 Å². The van der Waals surface area contributed by atoms with E-state index in [1.165, 1.54) is 31.4 Å². The third-order valence-electron chi connectivity index (χ3n) is 3.52. The van der Waals surface area contributed by atoms with E-state index in [1.807, 2.05) is 0 Å². The van der Waals surface area contributed by atoms with Gasteiger partial charge in [0, 0.05) is 25.2 Å². The van der Waals surface area contributed by atoms with Gasteiger partial charge in [0.1, 0.15) is 0 Å². The lowest BCUT2D eigenvalue weighted by molar-refractivity contribution is 0.130. The van der Waals surface area contributed by atoms with Gasteiger partial charge >= 0.3 is 0 Å². The third kappa shape index (κ3) is 3.96. The number of benzene rings is 1. The summed E-state index contributed by atoms with van der Waals surface area (Å²) in [5, 5.41) is 2.18. The van der Waals surface area contributed by atoms with Gasteiger partial charge in [-0.05, 0) is 18.4 Å². The number of hydrogen-bond acceptors (Lipinski definition) is 3. The Balaban J connectivity index is 1.99. The molecular weight excluding hydrogens is 248 g/mol. The van der Waals surface area contributed by atoms with Crippen LogP contribution in [0.4, 0.5) is 8.78 Å². The van der Waals surface area contributed by atoms with Crippen LogP contribution in [0, 0.1) is 0 Å². The van der Waals surface area contributed by atoms with Crippen molar-refractivity contribution in [1.82, 2.24) is 10.4 Å². The van der Waals surface area contributed by atoms with E-state index in [4.69, 9.17) is 5.73 Å². The van der Waals surface area contributed by atoms with Gasteiger partial charge in [0.2, 0.25) is 0 Å². The van der Waals surface area contributed by atoms with Crippen molar-refractivity contribution < 1.29 is 8.78 Å². The van der Waals surface area contributed by atoms with Crippen LogP contribution in [0.3, 0.4) is 0 Å². The van der Waals surface area contributed by atoms with E-state index in [2.05, 4.69) is 10.4 Å². The zero-order chi connectivity index (χ0) is 13.7. The van der Waals surface area contributed by atoms with E-state index >= 15 is 0 Å². The first-order chi connectivity index (χ1) is 9.20. The smallest absolute Gasteiger partial charge is 0.263 e. The fraction of sp³-hybridized carbons (Fsp3) is 0.571. The van der Waals surface area contributed by atoms with Crippen molar-refractivity contribution in [2.24, 2.45) is 5.73 Å². The predicted molar refractivity (Wildman–Crippen MR) is 71.8 cm³/mol. The number of alkyl halides is 2. The maximum Gasteiger partial charge on any atom is 0.263 e. The molecule has 0 aliphatic carbocycles. The summed E-state index contributed by atoms with van der Waals surface area (Å²) in [6, 6.07) is 6.40. The van der Waals surface area contributed by atoms with Gasteiger partial charge in [0.25, 0.3) is 6.43 Å². The molecule has 1 aromatic carbocycles. The molecule has 106 valence electrons. The van der Waals surface area contributed by atoms with E-state index in [0.29, 0.717) is 6.54 Å². The van der Waals surface area contributed by atoms with Gasteiger partial charge in [-0.15, -0.1) is 0 Å². The number of nitrogens with one attached hydrogen (secondary N) is 1. The fourth-order valence-electron chi connectivity index (χ4n) is 2.38. The highest BCUT2D eigenvalue weighted by Gasteiger charge is 2.16. The van der Waals surface area contributed by atoms with Crippen molar-refractivity contribution in [3.8, 4) is 0 Å². The molecule has 5 heteroatoms. The fourth-order valence-corrected chi connectivity index (χ4v) is 2.38. The average Bonchev–Trinajstić information content (AvgIpc) is 2.46. The summed E-state index contributed by atoms with van der Waals surface area (Å²) in [5.74, 6) is 0. The second-order valence-corrected chi connectivity index (χ2v) is 4.93. The first-order valence-electron chi connectivity index (χ1n) is 6.80. The number of piperidine rings is 1. The molecule has 0 radical (unpaired) electrons. The van der Waals surface area contributed by atoms with E-state index < -0.39 is 6.43 Å². The molecule has 1 fully saturated rings. The van der Waals surface area contributed by atoms with Crippen LogP contribution in [0.1, 0.15) is 42.9 Å². The summed E-state index contributed by atoms with van der Waals surface area (Å²) >= 11 is 0. The minimum atomic E-state index is -2.42. The molecule has 1 aliphatic rings. The lowest BCUT2D eigenvalue weighted by Gasteiger charge is -2.31. The number of hydrogen-bond donors (Lipinski definition) is 2. The van der Waals surface area contributed by atoms with Gasteiger partial charge in [0.05, 0.1) is 6.04 Å². The Morgan fingerprint density at radius 2 is 1.63 bits per heavy atom. The van der Waals surface area contributed by atoms with E-state index in [1.54, 1.807) is 12.1 Å². The normalized spacial score (nSPS) is 18.7. The SMILES string of the molecule is NCC(NN1CCCCC1)c1ccc(C(F)F)cc1. The van der Waals surface area contributed by atoms with Crippen molar-refractivity contribution in [2.45, 2.75) is 31.7 Å². The van der Waals surface area contributed by atoms with E-state index in [-0.39, 0.29) is 11.6 Å². The van der Waals surface area contributed by atoms with Crippen molar-refractivity contribution in [3.63, 3.8) is 0 Å². The number of nitrogens with two attached hydrogens (primary N) is 1. The molecule has 1 atom stereocenters. The molecule has 0 aromatic heterocycles. The molecular formula is C14H21F2N3. The number of hydrazine groups is 1. The van der Waals surface area contributed by atoms with Crippen LogP contribution < -0.4 is 11.2 Å². The molecule has 1 unspecified atom stereocenters. The Kier molecular flexibility index (Phi) is 5.24. The Morgan fingerprint density at radius 3 is 2.16 bits per heavy atom. The van der Waals surface area contributed by atoms with Crippen LogP contribution in [0.5, 0.6) is 0 Å². The van der Waals surface area contributed by atoms with Crippen molar-refractivity contribution >= 4 is 0 Å². The Labute approximate surface area is 112 Å². The second kappa shape index (κ2) is 6.93. The quantitative estimate of drug-likeness (QED) is 0.863. The zero-order valence-corrected chi connectivity index (χ0v) is 11.0. The van der Waals surface area contributed by atoms with Crippen molar-refractivity contribution in [3.05, 3.63) is 35.4 Å². The van der Waals surface area contributed by atoms with Crippen LogP contribution in [-0.4, -0.2) is 24.6 Å². The van der Waals surface area contributed by atoms with Gasteiger partial charge in [0.15, 0.2) is 0 Å². The average molecular weight is 269 g/mol. The van der Waals surface area contributed by atoms with E-state index in [9.17, 15) is 8.78 Å². The highest BCUT2D eigenvalue weighted by molar-refractivity contribution is 5.25. The first kappa shape index (κ1) is 14.4. The van der Waals surface area contributed by atoms with Gasteiger partial charge in [-0.25, -0.2) is 19.2 Å². The molecule has 0 amide bonds. The third-order valence-corrected chi connectivity index (χ3v) is 3.52. The molecule has 1 heterocycles. The molecule has 1 aliphatic heterocycles.